The fourth-order valence-corrected chi connectivity index (χ4v) is 2.66. The minimum absolute atomic E-state index is 0.273. The van der Waals surface area contributed by atoms with Gasteiger partial charge in [-0.1, -0.05) is 37.3 Å². The number of hydrogen-bond donors (Lipinski definition) is 2. The first-order valence-electron chi connectivity index (χ1n) is 7.38. The molecule has 21 heavy (non-hydrogen) atoms. The molecule has 1 heterocycles. The highest BCUT2D eigenvalue weighted by Gasteiger charge is 2.26. The maximum Gasteiger partial charge on any atom is 0.326 e. The second-order valence-electron chi connectivity index (χ2n) is 5.72. The highest BCUT2D eigenvalue weighted by atomic mass is 16.4. The second kappa shape index (κ2) is 7.11. The third kappa shape index (κ3) is 4.48. The number of benzene rings is 1. The van der Waals surface area contributed by atoms with E-state index < -0.39 is 12.0 Å². The molecule has 1 aliphatic heterocycles. The summed E-state index contributed by atoms with van der Waals surface area (Å²) in [7, 11) is 0. The van der Waals surface area contributed by atoms with E-state index in [-0.39, 0.29) is 6.03 Å². The standard InChI is InChI=1S/C16H22N2O3/c1-12-6-5-9-18(11-12)16(21)17-14(15(19)20)10-13-7-3-2-4-8-13/h2-4,7-8,12,14H,5-6,9-11H2,1H3,(H,17,21)(H,19,20)/t12?,14-/m1/s1. The maximum atomic E-state index is 12.2. The molecule has 0 bridgehead atoms. The molecule has 2 atom stereocenters. The molecule has 1 saturated heterocycles. The zero-order valence-electron chi connectivity index (χ0n) is 12.3. The molecule has 1 aromatic carbocycles. The van der Waals surface area contributed by atoms with E-state index in [4.69, 9.17) is 0 Å². The van der Waals surface area contributed by atoms with Crippen LogP contribution in [0.15, 0.2) is 30.3 Å². The number of urea groups is 1. The van der Waals surface area contributed by atoms with Crippen molar-refractivity contribution in [1.82, 2.24) is 10.2 Å². The highest BCUT2D eigenvalue weighted by molar-refractivity contribution is 5.82. The lowest BCUT2D eigenvalue weighted by atomic mass is 10.0. The van der Waals surface area contributed by atoms with Gasteiger partial charge in [0.05, 0.1) is 0 Å². The van der Waals surface area contributed by atoms with E-state index in [9.17, 15) is 14.7 Å². The number of hydrogen-bond acceptors (Lipinski definition) is 2. The Bertz CT molecular complexity index is 490. The zero-order chi connectivity index (χ0) is 15.2. The number of carboxylic acid groups (broad SMARTS) is 1. The molecule has 0 spiro atoms. The number of likely N-dealkylation sites (tertiary alicyclic amines) is 1. The number of aliphatic carboxylic acids is 1. The van der Waals surface area contributed by atoms with Crippen molar-refractivity contribution in [3.63, 3.8) is 0 Å². The molecule has 0 aromatic heterocycles. The van der Waals surface area contributed by atoms with Gasteiger partial charge in [-0.3, -0.25) is 0 Å². The van der Waals surface area contributed by atoms with Gasteiger partial charge < -0.3 is 15.3 Å². The third-order valence-corrected chi connectivity index (χ3v) is 3.82. The van der Waals surface area contributed by atoms with Crippen molar-refractivity contribution in [3.8, 4) is 0 Å². The van der Waals surface area contributed by atoms with Crippen molar-refractivity contribution in [2.24, 2.45) is 5.92 Å². The molecule has 114 valence electrons. The van der Waals surface area contributed by atoms with E-state index in [2.05, 4.69) is 12.2 Å². The summed E-state index contributed by atoms with van der Waals surface area (Å²) in [6, 6.07) is 8.18. The molecule has 0 radical (unpaired) electrons. The molecular formula is C16H22N2O3. The molecule has 5 heteroatoms. The lowest BCUT2D eigenvalue weighted by molar-refractivity contribution is -0.139. The van der Waals surface area contributed by atoms with E-state index in [1.54, 1.807) is 4.90 Å². The van der Waals surface area contributed by atoms with Crippen LogP contribution in [0.25, 0.3) is 0 Å². The minimum atomic E-state index is -1.00. The van der Waals surface area contributed by atoms with Crippen LogP contribution in [0.1, 0.15) is 25.3 Å². The Morgan fingerprint density at radius 3 is 2.71 bits per heavy atom. The Hall–Kier alpha value is -2.04. The summed E-state index contributed by atoms with van der Waals surface area (Å²) in [5.41, 5.74) is 0.900. The predicted molar refractivity (Wildman–Crippen MR) is 80.1 cm³/mol. The first kappa shape index (κ1) is 15.4. The third-order valence-electron chi connectivity index (χ3n) is 3.82. The Balaban J connectivity index is 1.96. The van der Waals surface area contributed by atoms with Gasteiger partial charge in [-0.2, -0.15) is 0 Å². The molecular weight excluding hydrogens is 268 g/mol. The molecule has 5 nitrogen and oxygen atoms in total. The number of amides is 2. The Labute approximate surface area is 125 Å². The van der Waals surface area contributed by atoms with Crippen LogP contribution in [0.2, 0.25) is 0 Å². The van der Waals surface area contributed by atoms with E-state index in [0.29, 0.717) is 25.4 Å². The summed E-state index contributed by atoms with van der Waals surface area (Å²) < 4.78 is 0. The number of piperidine rings is 1. The van der Waals surface area contributed by atoms with E-state index in [0.717, 1.165) is 18.4 Å². The normalized spacial score (nSPS) is 19.9. The molecule has 1 aromatic rings. The van der Waals surface area contributed by atoms with Gasteiger partial charge in [-0.05, 0) is 24.3 Å². The van der Waals surface area contributed by atoms with Crippen molar-refractivity contribution in [3.05, 3.63) is 35.9 Å². The lowest BCUT2D eigenvalue weighted by Gasteiger charge is -2.31. The van der Waals surface area contributed by atoms with Crippen LogP contribution in [0, 0.1) is 5.92 Å². The van der Waals surface area contributed by atoms with E-state index in [1.807, 2.05) is 30.3 Å². The Morgan fingerprint density at radius 2 is 2.10 bits per heavy atom. The number of nitrogens with one attached hydrogen (secondary N) is 1. The quantitative estimate of drug-likeness (QED) is 0.892. The summed E-state index contributed by atoms with van der Waals surface area (Å²) in [5.74, 6) is -0.529. The molecule has 2 rings (SSSR count). The fraction of sp³-hybridized carbons (Fsp3) is 0.500. The number of rotatable bonds is 4. The maximum absolute atomic E-state index is 12.2. The molecule has 2 N–H and O–H groups in total. The summed E-state index contributed by atoms with van der Waals surface area (Å²) in [4.78, 5) is 25.3. The average Bonchev–Trinajstić information content (AvgIpc) is 2.47. The number of nitrogens with zero attached hydrogens (tertiary/aromatic N) is 1. The van der Waals surface area contributed by atoms with Gasteiger partial charge in [-0.15, -0.1) is 0 Å². The molecule has 0 aliphatic carbocycles. The molecule has 1 unspecified atom stereocenters. The molecule has 0 saturated carbocycles. The van der Waals surface area contributed by atoms with Crippen LogP contribution in [-0.4, -0.2) is 41.1 Å². The van der Waals surface area contributed by atoms with Crippen LogP contribution < -0.4 is 5.32 Å². The smallest absolute Gasteiger partial charge is 0.326 e. The van der Waals surface area contributed by atoms with Crippen molar-refractivity contribution in [2.45, 2.75) is 32.2 Å². The molecule has 1 aliphatic rings. The van der Waals surface area contributed by atoms with Crippen LogP contribution in [0.4, 0.5) is 4.79 Å². The lowest BCUT2D eigenvalue weighted by Crippen LogP contribution is -2.51. The van der Waals surface area contributed by atoms with Gasteiger partial charge in [0.2, 0.25) is 0 Å². The van der Waals surface area contributed by atoms with Crippen LogP contribution in [0.5, 0.6) is 0 Å². The van der Waals surface area contributed by atoms with Gasteiger partial charge >= 0.3 is 12.0 Å². The van der Waals surface area contributed by atoms with Gasteiger partial charge in [0, 0.05) is 19.5 Å². The topological polar surface area (TPSA) is 69.6 Å². The zero-order valence-corrected chi connectivity index (χ0v) is 12.3. The number of carbonyl (C=O) groups is 2. The van der Waals surface area contributed by atoms with E-state index >= 15 is 0 Å². The Kier molecular flexibility index (Phi) is 5.20. The molecule has 1 fully saturated rings. The average molecular weight is 290 g/mol. The first-order valence-corrected chi connectivity index (χ1v) is 7.38. The summed E-state index contributed by atoms with van der Waals surface area (Å²) >= 11 is 0. The first-order chi connectivity index (χ1) is 10.1. The van der Waals surface area contributed by atoms with Gasteiger partial charge in [0.25, 0.3) is 0 Å². The van der Waals surface area contributed by atoms with Crippen molar-refractivity contribution < 1.29 is 14.7 Å². The van der Waals surface area contributed by atoms with Crippen molar-refractivity contribution in [2.75, 3.05) is 13.1 Å². The van der Waals surface area contributed by atoms with Crippen molar-refractivity contribution in [1.29, 1.82) is 0 Å². The van der Waals surface area contributed by atoms with Crippen molar-refractivity contribution >= 4 is 12.0 Å². The predicted octanol–water partition coefficient (Wildman–Crippen LogP) is 2.12. The second-order valence-corrected chi connectivity index (χ2v) is 5.72. The largest absolute Gasteiger partial charge is 0.480 e. The van der Waals surface area contributed by atoms with Gasteiger partial charge in [0.1, 0.15) is 6.04 Å². The van der Waals surface area contributed by atoms with Gasteiger partial charge in [-0.25, -0.2) is 9.59 Å². The summed E-state index contributed by atoms with van der Waals surface area (Å²) in [6.45, 7) is 3.51. The number of carbonyl (C=O) groups excluding carboxylic acids is 1. The van der Waals surface area contributed by atoms with E-state index in [1.165, 1.54) is 0 Å². The summed E-state index contributed by atoms with van der Waals surface area (Å²) in [6.07, 6.45) is 2.40. The highest BCUT2D eigenvalue weighted by Crippen LogP contribution is 2.15. The SMILES string of the molecule is CC1CCCN(C(=O)N[C@H](Cc2ccccc2)C(=O)O)C1. The minimum Gasteiger partial charge on any atom is -0.480 e. The van der Waals surface area contributed by atoms with Crippen LogP contribution in [-0.2, 0) is 11.2 Å². The van der Waals surface area contributed by atoms with Crippen LogP contribution in [0.3, 0.4) is 0 Å². The number of carboxylic acids is 1. The molecule has 2 amide bonds. The van der Waals surface area contributed by atoms with Crippen LogP contribution >= 0.6 is 0 Å². The fourth-order valence-electron chi connectivity index (χ4n) is 2.66. The van der Waals surface area contributed by atoms with Gasteiger partial charge in [0.15, 0.2) is 0 Å². The summed E-state index contributed by atoms with van der Waals surface area (Å²) in [5, 5.41) is 11.9. The Morgan fingerprint density at radius 1 is 1.38 bits per heavy atom. The monoisotopic (exact) mass is 290 g/mol.